The van der Waals surface area contributed by atoms with Crippen LogP contribution < -0.4 is 10.6 Å². The van der Waals surface area contributed by atoms with Gasteiger partial charge in [0.2, 0.25) is 5.91 Å². The van der Waals surface area contributed by atoms with E-state index in [1.165, 1.54) is 0 Å². The molecule has 2 aromatic rings. The van der Waals surface area contributed by atoms with Gasteiger partial charge < -0.3 is 15.5 Å². The quantitative estimate of drug-likeness (QED) is 0.910. The number of nitrogens with zero attached hydrogens (tertiary/aromatic N) is 1. The molecule has 0 aliphatic heterocycles. The molecule has 0 aliphatic carbocycles. The number of urea groups is 1. The Balaban J connectivity index is 1.91. The summed E-state index contributed by atoms with van der Waals surface area (Å²) in [7, 11) is 3.46. The Hall–Kier alpha value is -2.82. The first-order valence-electron chi connectivity index (χ1n) is 7.38. The maximum absolute atomic E-state index is 11.9. The number of rotatable bonds is 4. The number of aryl methyl sites for hydroxylation is 1. The van der Waals surface area contributed by atoms with Gasteiger partial charge in [-0.2, -0.15) is 0 Å². The molecule has 0 heterocycles. The van der Waals surface area contributed by atoms with E-state index in [0.717, 1.165) is 16.8 Å². The molecule has 0 spiro atoms. The molecule has 0 fully saturated rings. The van der Waals surface area contributed by atoms with Crippen LogP contribution in [0.2, 0.25) is 0 Å². The Kier molecular flexibility index (Phi) is 5.36. The van der Waals surface area contributed by atoms with Crippen LogP contribution in [0.15, 0.2) is 48.5 Å². The summed E-state index contributed by atoms with van der Waals surface area (Å²) < 4.78 is 0. The first-order valence-corrected chi connectivity index (χ1v) is 7.38. The Morgan fingerprint density at radius 3 is 1.83 bits per heavy atom. The topological polar surface area (TPSA) is 61.4 Å². The van der Waals surface area contributed by atoms with Crippen molar-refractivity contribution in [2.75, 3.05) is 24.7 Å². The largest absolute Gasteiger partial charge is 0.349 e. The van der Waals surface area contributed by atoms with Crippen molar-refractivity contribution in [3.8, 4) is 0 Å². The lowest BCUT2D eigenvalue weighted by Crippen LogP contribution is -2.23. The van der Waals surface area contributed by atoms with Gasteiger partial charge in [0.25, 0.3) is 0 Å². The molecule has 0 bridgehead atoms. The molecular weight excluding hydrogens is 290 g/mol. The van der Waals surface area contributed by atoms with E-state index in [1.54, 1.807) is 31.1 Å². The van der Waals surface area contributed by atoms with Crippen molar-refractivity contribution in [2.45, 2.75) is 13.3 Å². The highest BCUT2D eigenvalue weighted by Gasteiger charge is 2.06. The van der Waals surface area contributed by atoms with E-state index in [-0.39, 0.29) is 11.9 Å². The normalized spacial score (nSPS) is 10.0. The van der Waals surface area contributed by atoms with Crippen molar-refractivity contribution in [1.82, 2.24) is 4.90 Å². The SMILES string of the molecule is Cc1ccc(NC(=O)Nc2ccc(CC(=O)N(C)C)cc2)cc1. The number of anilines is 2. The lowest BCUT2D eigenvalue weighted by atomic mass is 10.1. The number of benzene rings is 2. The van der Waals surface area contributed by atoms with Crippen LogP contribution in [0.3, 0.4) is 0 Å². The number of hydrogen-bond donors (Lipinski definition) is 2. The van der Waals surface area contributed by atoms with Gasteiger partial charge in [-0.3, -0.25) is 4.79 Å². The van der Waals surface area contributed by atoms with Crippen LogP contribution in [0.5, 0.6) is 0 Å². The lowest BCUT2D eigenvalue weighted by Gasteiger charge is -2.11. The Morgan fingerprint density at radius 1 is 0.870 bits per heavy atom. The molecule has 5 heteroatoms. The average Bonchev–Trinajstić information content (AvgIpc) is 2.51. The molecule has 0 saturated heterocycles. The molecule has 3 amide bonds. The smallest absolute Gasteiger partial charge is 0.323 e. The highest BCUT2D eigenvalue weighted by atomic mass is 16.2. The van der Waals surface area contributed by atoms with Crippen LogP contribution in [-0.2, 0) is 11.2 Å². The number of carbonyl (C=O) groups excluding carboxylic acids is 2. The van der Waals surface area contributed by atoms with Crippen molar-refractivity contribution in [2.24, 2.45) is 0 Å². The van der Waals surface area contributed by atoms with Crippen LogP contribution in [0, 0.1) is 6.92 Å². The Bertz CT molecular complexity index is 676. The Morgan fingerprint density at radius 2 is 1.35 bits per heavy atom. The van der Waals surface area contributed by atoms with E-state index in [2.05, 4.69) is 10.6 Å². The summed E-state index contributed by atoms with van der Waals surface area (Å²) >= 11 is 0. The number of amides is 3. The maximum Gasteiger partial charge on any atom is 0.323 e. The van der Waals surface area contributed by atoms with E-state index in [1.807, 2.05) is 43.3 Å². The van der Waals surface area contributed by atoms with Gasteiger partial charge >= 0.3 is 6.03 Å². The molecule has 120 valence electrons. The molecule has 0 atom stereocenters. The van der Waals surface area contributed by atoms with Gasteiger partial charge in [0.05, 0.1) is 6.42 Å². The van der Waals surface area contributed by atoms with E-state index in [4.69, 9.17) is 0 Å². The van der Waals surface area contributed by atoms with Gasteiger partial charge in [0, 0.05) is 25.5 Å². The number of hydrogen-bond acceptors (Lipinski definition) is 2. The van der Waals surface area contributed by atoms with Crippen LogP contribution >= 0.6 is 0 Å². The van der Waals surface area contributed by atoms with Crippen LogP contribution in [0.25, 0.3) is 0 Å². The number of likely N-dealkylation sites (N-methyl/N-ethyl adjacent to an activating group) is 1. The second-order valence-electron chi connectivity index (χ2n) is 5.61. The van der Waals surface area contributed by atoms with Crippen LogP contribution in [-0.4, -0.2) is 30.9 Å². The second-order valence-corrected chi connectivity index (χ2v) is 5.61. The summed E-state index contributed by atoms with van der Waals surface area (Å²) in [5.41, 5.74) is 3.46. The minimum Gasteiger partial charge on any atom is -0.349 e. The molecule has 2 N–H and O–H groups in total. The van der Waals surface area contributed by atoms with Gasteiger partial charge in [-0.15, -0.1) is 0 Å². The average molecular weight is 311 g/mol. The molecule has 2 aromatic carbocycles. The van der Waals surface area contributed by atoms with Gasteiger partial charge in [0.1, 0.15) is 0 Å². The monoisotopic (exact) mass is 311 g/mol. The minimum atomic E-state index is -0.300. The molecule has 0 aromatic heterocycles. The second kappa shape index (κ2) is 7.45. The van der Waals surface area contributed by atoms with Crippen LogP contribution in [0.1, 0.15) is 11.1 Å². The predicted molar refractivity (Wildman–Crippen MR) is 92.7 cm³/mol. The van der Waals surface area contributed by atoms with E-state index < -0.39 is 0 Å². The fourth-order valence-corrected chi connectivity index (χ4v) is 1.97. The van der Waals surface area contributed by atoms with E-state index in [0.29, 0.717) is 12.1 Å². The van der Waals surface area contributed by atoms with Crippen molar-refractivity contribution in [3.05, 3.63) is 59.7 Å². The van der Waals surface area contributed by atoms with Gasteiger partial charge in [0.15, 0.2) is 0 Å². The lowest BCUT2D eigenvalue weighted by molar-refractivity contribution is -0.127. The van der Waals surface area contributed by atoms with Gasteiger partial charge in [-0.25, -0.2) is 4.79 Å². The first kappa shape index (κ1) is 16.5. The molecule has 0 radical (unpaired) electrons. The standard InChI is InChI=1S/C18H21N3O2/c1-13-4-8-15(9-5-13)19-18(23)20-16-10-6-14(7-11-16)12-17(22)21(2)3/h4-11H,12H2,1-3H3,(H2,19,20,23). The van der Waals surface area contributed by atoms with Crippen molar-refractivity contribution in [1.29, 1.82) is 0 Å². The number of nitrogens with one attached hydrogen (secondary N) is 2. The van der Waals surface area contributed by atoms with Crippen molar-refractivity contribution >= 4 is 23.3 Å². The Labute approximate surface area is 136 Å². The summed E-state index contributed by atoms with van der Waals surface area (Å²) in [6, 6.07) is 14.5. The molecule has 2 rings (SSSR count). The third kappa shape index (κ3) is 5.14. The van der Waals surface area contributed by atoms with E-state index in [9.17, 15) is 9.59 Å². The van der Waals surface area contributed by atoms with Crippen molar-refractivity contribution < 1.29 is 9.59 Å². The molecule has 0 unspecified atom stereocenters. The molecule has 0 saturated carbocycles. The maximum atomic E-state index is 11.9. The predicted octanol–water partition coefficient (Wildman–Crippen LogP) is 3.27. The summed E-state index contributed by atoms with van der Waals surface area (Å²) in [4.78, 5) is 25.1. The zero-order chi connectivity index (χ0) is 16.8. The van der Waals surface area contributed by atoms with E-state index >= 15 is 0 Å². The zero-order valence-electron chi connectivity index (χ0n) is 13.6. The van der Waals surface area contributed by atoms with Crippen molar-refractivity contribution in [3.63, 3.8) is 0 Å². The zero-order valence-corrected chi connectivity index (χ0v) is 13.6. The summed E-state index contributed by atoms with van der Waals surface area (Å²) in [5.74, 6) is 0.0443. The number of carbonyl (C=O) groups is 2. The van der Waals surface area contributed by atoms with Gasteiger partial charge in [-0.05, 0) is 36.8 Å². The molecule has 5 nitrogen and oxygen atoms in total. The summed E-state index contributed by atoms with van der Waals surface area (Å²) in [5, 5.41) is 5.53. The first-order chi connectivity index (χ1) is 10.9. The highest BCUT2D eigenvalue weighted by Crippen LogP contribution is 2.13. The fourth-order valence-electron chi connectivity index (χ4n) is 1.97. The van der Waals surface area contributed by atoms with Gasteiger partial charge in [-0.1, -0.05) is 29.8 Å². The summed E-state index contributed by atoms with van der Waals surface area (Å²) in [6.07, 6.45) is 0.350. The third-order valence-electron chi connectivity index (χ3n) is 3.38. The molecule has 23 heavy (non-hydrogen) atoms. The molecular formula is C18H21N3O2. The molecule has 0 aliphatic rings. The summed E-state index contributed by atoms with van der Waals surface area (Å²) in [6.45, 7) is 1.99. The van der Waals surface area contributed by atoms with Crippen LogP contribution in [0.4, 0.5) is 16.2 Å². The fraction of sp³-hybridized carbons (Fsp3) is 0.222. The third-order valence-corrected chi connectivity index (χ3v) is 3.38. The minimum absolute atomic E-state index is 0.0443. The highest BCUT2D eigenvalue weighted by molar-refractivity contribution is 5.99.